The molecule has 0 heterocycles. The average molecular weight is 390 g/mol. The van der Waals surface area contributed by atoms with E-state index >= 15 is 0 Å². The van der Waals surface area contributed by atoms with E-state index in [1.807, 2.05) is 37.3 Å². The Kier molecular flexibility index (Phi) is 6.47. The zero-order valence-electron chi connectivity index (χ0n) is 16.3. The van der Waals surface area contributed by atoms with Gasteiger partial charge in [-0.2, -0.15) is 0 Å². The van der Waals surface area contributed by atoms with E-state index in [0.717, 1.165) is 5.56 Å². The first-order valence-corrected chi connectivity index (χ1v) is 9.09. The molecule has 6 nitrogen and oxygen atoms in total. The molecule has 2 amide bonds. The summed E-state index contributed by atoms with van der Waals surface area (Å²) >= 11 is 0. The molecule has 3 aromatic rings. The number of para-hydroxylation sites is 2. The molecule has 0 aliphatic rings. The number of methoxy groups -OCH3 is 1. The van der Waals surface area contributed by atoms with Crippen LogP contribution in [-0.2, 0) is 4.79 Å². The van der Waals surface area contributed by atoms with Gasteiger partial charge in [0, 0.05) is 16.9 Å². The lowest BCUT2D eigenvalue weighted by atomic mass is 10.1. The Morgan fingerprint density at radius 2 is 1.55 bits per heavy atom. The van der Waals surface area contributed by atoms with E-state index in [0.29, 0.717) is 28.4 Å². The van der Waals surface area contributed by atoms with Crippen LogP contribution in [0.4, 0.5) is 11.4 Å². The van der Waals surface area contributed by atoms with Gasteiger partial charge in [-0.05, 0) is 55.0 Å². The van der Waals surface area contributed by atoms with E-state index < -0.39 is 0 Å². The normalized spacial score (nSPS) is 10.1. The van der Waals surface area contributed by atoms with Gasteiger partial charge in [-0.3, -0.25) is 9.59 Å². The summed E-state index contributed by atoms with van der Waals surface area (Å²) in [5, 5.41) is 5.66. The van der Waals surface area contributed by atoms with Gasteiger partial charge in [-0.1, -0.05) is 30.3 Å². The molecule has 3 aromatic carbocycles. The lowest BCUT2D eigenvalue weighted by Gasteiger charge is -2.12. The van der Waals surface area contributed by atoms with Crippen LogP contribution in [-0.4, -0.2) is 25.5 Å². The maximum Gasteiger partial charge on any atom is 0.262 e. The van der Waals surface area contributed by atoms with Gasteiger partial charge >= 0.3 is 0 Å². The van der Waals surface area contributed by atoms with Gasteiger partial charge in [0.1, 0.15) is 0 Å². The fraction of sp³-hybridized carbons (Fsp3) is 0.130. The van der Waals surface area contributed by atoms with Crippen molar-refractivity contribution in [1.29, 1.82) is 0 Å². The summed E-state index contributed by atoms with van der Waals surface area (Å²) in [5.41, 5.74) is 2.71. The molecule has 2 N–H and O–H groups in total. The maximum atomic E-state index is 12.3. The summed E-state index contributed by atoms with van der Waals surface area (Å²) in [7, 11) is 1.54. The second kappa shape index (κ2) is 9.41. The van der Waals surface area contributed by atoms with Gasteiger partial charge in [0.05, 0.1) is 7.11 Å². The second-order valence-electron chi connectivity index (χ2n) is 6.34. The summed E-state index contributed by atoms with van der Waals surface area (Å²) in [5.74, 6) is 0.585. The van der Waals surface area contributed by atoms with E-state index in [9.17, 15) is 9.59 Å². The smallest absolute Gasteiger partial charge is 0.262 e. The number of hydrogen-bond donors (Lipinski definition) is 2. The van der Waals surface area contributed by atoms with Gasteiger partial charge in [-0.15, -0.1) is 0 Å². The molecule has 0 saturated heterocycles. The van der Waals surface area contributed by atoms with Crippen LogP contribution >= 0.6 is 0 Å². The van der Waals surface area contributed by atoms with Gasteiger partial charge in [-0.25, -0.2) is 0 Å². The van der Waals surface area contributed by atoms with Crippen molar-refractivity contribution in [3.8, 4) is 11.5 Å². The van der Waals surface area contributed by atoms with Crippen LogP contribution in [0.2, 0.25) is 0 Å². The summed E-state index contributed by atoms with van der Waals surface area (Å²) in [4.78, 5) is 24.5. The highest BCUT2D eigenvalue weighted by molar-refractivity contribution is 6.04. The van der Waals surface area contributed by atoms with Crippen molar-refractivity contribution in [3.63, 3.8) is 0 Å². The van der Waals surface area contributed by atoms with Crippen LogP contribution < -0.4 is 20.1 Å². The first-order valence-electron chi connectivity index (χ1n) is 9.09. The number of carbonyl (C=O) groups is 2. The predicted octanol–water partition coefficient (Wildman–Crippen LogP) is 4.27. The SMILES string of the molecule is COc1ccccc1OCC(=O)Nc1ccc(NC(=O)c2ccccc2)c(C)c1. The summed E-state index contributed by atoms with van der Waals surface area (Å²) in [6, 6.07) is 21.4. The molecule has 29 heavy (non-hydrogen) atoms. The number of amides is 2. The molecule has 0 fully saturated rings. The number of aryl methyl sites for hydroxylation is 1. The third-order valence-electron chi connectivity index (χ3n) is 4.22. The van der Waals surface area contributed by atoms with Crippen molar-refractivity contribution in [2.75, 3.05) is 24.4 Å². The molecular formula is C23H22N2O4. The molecular weight excluding hydrogens is 368 g/mol. The van der Waals surface area contributed by atoms with Crippen molar-refractivity contribution in [1.82, 2.24) is 0 Å². The first-order chi connectivity index (χ1) is 14.1. The molecule has 0 spiro atoms. The van der Waals surface area contributed by atoms with Gasteiger partial charge in [0.25, 0.3) is 11.8 Å². The van der Waals surface area contributed by atoms with E-state index in [2.05, 4.69) is 10.6 Å². The van der Waals surface area contributed by atoms with Crippen LogP contribution in [0.25, 0.3) is 0 Å². The highest BCUT2D eigenvalue weighted by Gasteiger charge is 2.10. The van der Waals surface area contributed by atoms with E-state index in [1.54, 1.807) is 49.6 Å². The Bertz CT molecular complexity index is 1000. The number of rotatable bonds is 7. The number of ether oxygens (including phenoxy) is 2. The topological polar surface area (TPSA) is 76.7 Å². The Balaban J connectivity index is 1.58. The number of hydrogen-bond acceptors (Lipinski definition) is 4. The van der Waals surface area contributed by atoms with Crippen LogP contribution in [0.15, 0.2) is 72.8 Å². The van der Waals surface area contributed by atoms with Crippen molar-refractivity contribution >= 4 is 23.2 Å². The number of nitrogens with one attached hydrogen (secondary N) is 2. The molecule has 0 aliphatic heterocycles. The Hall–Kier alpha value is -3.80. The van der Waals surface area contributed by atoms with Gasteiger partial charge in [0.2, 0.25) is 0 Å². The molecule has 6 heteroatoms. The van der Waals surface area contributed by atoms with Crippen LogP contribution in [0.1, 0.15) is 15.9 Å². The van der Waals surface area contributed by atoms with Gasteiger partial charge < -0.3 is 20.1 Å². The van der Waals surface area contributed by atoms with Crippen LogP contribution in [0, 0.1) is 6.92 Å². The molecule has 3 rings (SSSR count). The van der Waals surface area contributed by atoms with Crippen molar-refractivity contribution < 1.29 is 19.1 Å². The second-order valence-corrected chi connectivity index (χ2v) is 6.34. The van der Waals surface area contributed by atoms with Crippen LogP contribution in [0.3, 0.4) is 0 Å². The lowest BCUT2D eigenvalue weighted by Crippen LogP contribution is -2.20. The fourth-order valence-electron chi connectivity index (χ4n) is 2.74. The molecule has 0 saturated carbocycles. The first kappa shape index (κ1) is 19.9. The Labute approximate surface area is 169 Å². The van der Waals surface area contributed by atoms with Crippen molar-refractivity contribution in [3.05, 3.63) is 83.9 Å². The number of anilines is 2. The van der Waals surface area contributed by atoms with E-state index in [1.165, 1.54) is 0 Å². The number of benzene rings is 3. The zero-order valence-corrected chi connectivity index (χ0v) is 16.3. The standard InChI is InChI=1S/C23H22N2O4/c1-16-14-18(12-13-19(16)25-23(27)17-8-4-3-5-9-17)24-22(26)15-29-21-11-7-6-10-20(21)28-2/h3-14H,15H2,1-2H3,(H,24,26)(H,25,27). The van der Waals surface area contributed by atoms with E-state index in [-0.39, 0.29) is 18.4 Å². The third kappa shape index (κ3) is 5.35. The molecule has 0 aliphatic carbocycles. The fourth-order valence-corrected chi connectivity index (χ4v) is 2.74. The molecule has 0 radical (unpaired) electrons. The monoisotopic (exact) mass is 390 g/mol. The highest BCUT2D eigenvalue weighted by atomic mass is 16.5. The maximum absolute atomic E-state index is 12.3. The zero-order chi connectivity index (χ0) is 20.6. The average Bonchev–Trinajstić information content (AvgIpc) is 2.75. The molecule has 0 unspecified atom stereocenters. The minimum atomic E-state index is -0.295. The third-order valence-corrected chi connectivity index (χ3v) is 4.22. The largest absolute Gasteiger partial charge is 0.493 e. The lowest BCUT2D eigenvalue weighted by molar-refractivity contribution is -0.118. The minimum Gasteiger partial charge on any atom is -0.493 e. The summed E-state index contributed by atoms with van der Waals surface area (Å²) < 4.78 is 10.7. The quantitative estimate of drug-likeness (QED) is 0.632. The minimum absolute atomic E-state index is 0.147. The van der Waals surface area contributed by atoms with Crippen molar-refractivity contribution in [2.45, 2.75) is 6.92 Å². The summed E-state index contributed by atoms with van der Waals surface area (Å²) in [6.07, 6.45) is 0. The Morgan fingerprint density at radius 3 is 2.24 bits per heavy atom. The van der Waals surface area contributed by atoms with E-state index in [4.69, 9.17) is 9.47 Å². The molecule has 0 bridgehead atoms. The molecule has 148 valence electrons. The predicted molar refractivity (Wildman–Crippen MR) is 113 cm³/mol. The van der Waals surface area contributed by atoms with Gasteiger partial charge in [0.15, 0.2) is 18.1 Å². The number of carbonyl (C=O) groups excluding carboxylic acids is 2. The van der Waals surface area contributed by atoms with Crippen molar-refractivity contribution in [2.24, 2.45) is 0 Å². The summed E-state index contributed by atoms with van der Waals surface area (Å²) in [6.45, 7) is 1.72. The molecule has 0 aromatic heterocycles. The molecule has 0 atom stereocenters. The van der Waals surface area contributed by atoms with Crippen LogP contribution in [0.5, 0.6) is 11.5 Å². The highest BCUT2D eigenvalue weighted by Crippen LogP contribution is 2.26. The Morgan fingerprint density at radius 1 is 0.862 bits per heavy atom.